The fourth-order valence-corrected chi connectivity index (χ4v) is 2.43. The van der Waals surface area contributed by atoms with Crippen LogP contribution in [0.1, 0.15) is 17.3 Å². The van der Waals surface area contributed by atoms with Crippen molar-refractivity contribution in [2.45, 2.75) is 13.0 Å². The molecule has 5 heteroatoms. The Morgan fingerprint density at radius 3 is 3.00 bits per heavy atom. The van der Waals surface area contributed by atoms with Gasteiger partial charge in [0.05, 0.1) is 24.3 Å². The van der Waals surface area contributed by atoms with Gasteiger partial charge >= 0.3 is 0 Å². The Bertz CT molecular complexity index is 451. The third-order valence-corrected chi connectivity index (χ3v) is 3.49. The van der Waals surface area contributed by atoms with E-state index in [1.807, 2.05) is 6.92 Å². The number of carbonyl (C=O) groups is 1. The molecule has 0 radical (unpaired) electrons. The minimum absolute atomic E-state index is 0.00315. The highest BCUT2D eigenvalue weighted by molar-refractivity contribution is 6.36. The first-order chi connectivity index (χ1) is 8.56. The van der Waals surface area contributed by atoms with Gasteiger partial charge in [0.15, 0.2) is 5.78 Å². The fourth-order valence-electron chi connectivity index (χ4n) is 2.03. The monoisotopic (exact) mass is 287 g/mol. The van der Waals surface area contributed by atoms with Crippen molar-refractivity contribution in [3.63, 3.8) is 0 Å². The van der Waals surface area contributed by atoms with E-state index in [1.165, 1.54) is 0 Å². The Balaban J connectivity index is 2.05. The summed E-state index contributed by atoms with van der Waals surface area (Å²) in [5.74, 6) is -0.00315. The van der Waals surface area contributed by atoms with Crippen molar-refractivity contribution in [1.82, 2.24) is 4.90 Å². The van der Waals surface area contributed by atoms with E-state index >= 15 is 0 Å². The van der Waals surface area contributed by atoms with Gasteiger partial charge in [-0.15, -0.1) is 0 Å². The molecule has 98 valence electrons. The molecule has 1 saturated heterocycles. The van der Waals surface area contributed by atoms with Crippen LogP contribution in [0.2, 0.25) is 10.0 Å². The van der Waals surface area contributed by atoms with Gasteiger partial charge in [0.25, 0.3) is 0 Å². The molecular formula is C13H15Cl2NO2. The van der Waals surface area contributed by atoms with Crippen LogP contribution in [0, 0.1) is 0 Å². The average molecular weight is 288 g/mol. The Morgan fingerprint density at radius 2 is 2.28 bits per heavy atom. The van der Waals surface area contributed by atoms with Crippen LogP contribution in [0.15, 0.2) is 18.2 Å². The summed E-state index contributed by atoms with van der Waals surface area (Å²) < 4.78 is 5.44. The number of carbonyl (C=O) groups excluding carboxylic acids is 1. The van der Waals surface area contributed by atoms with Crippen LogP contribution >= 0.6 is 23.2 Å². The van der Waals surface area contributed by atoms with Gasteiger partial charge in [0.1, 0.15) is 0 Å². The lowest BCUT2D eigenvalue weighted by molar-refractivity contribution is -0.0158. The number of rotatable bonds is 3. The van der Waals surface area contributed by atoms with Crippen molar-refractivity contribution < 1.29 is 9.53 Å². The zero-order valence-corrected chi connectivity index (χ0v) is 11.7. The number of nitrogens with zero attached hydrogens (tertiary/aromatic N) is 1. The van der Waals surface area contributed by atoms with Crippen LogP contribution in [0.25, 0.3) is 0 Å². The Morgan fingerprint density at radius 1 is 1.50 bits per heavy atom. The van der Waals surface area contributed by atoms with Gasteiger partial charge in [0.2, 0.25) is 0 Å². The molecule has 0 amide bonds. The molecule has 18 heavy (non-hydrogen) atoms. The topological polar surface area (TPSA) is 29.5 Å². The van der Waals surface area contributed by atoms with Gasteiger partial charge in [-0.05, 0) is 25.1 Å². The molecule has 0 saturated carbocycles. The number of halogens is 2. The number of hydrogen-bond donors (Lipinski definition) is 0. The highest BCUT2D eigenvalue weighted by atomic mass is 35.5. The largest absolute Gasteiger partial charge is 0.376 e. The minimum Gasteiger partial charge on any atom is -0.376 e. The molecule has 1 heterocycles. The smallest absolute Gasteiger partial charge is 0.178 e. The van der Waals surface area contributed by atoms with E-state index in [9.17, 15) is 4.79 Å². The number of benzene rings is 1. The van der Waals surface area contributed by atoms with Gasteiger partial charge in [0, 0.05) is 23.7 Å². The average Bonchev–Trinajstić information content (AvgIpc) is 2.32. The number of ether oxygens (including phenoxy) is 1. The van der Waals surface area contributed by atoms with Gasteiger partial charge in [-0.25, -0.2) is 0 Å². The molecule has 1 aliphatic rings. The van der Waals surface area contributed by atoms with E-state index < -0.39 is 0 Å². The zero-order chi connectivity index (χ0) is 13.1. The molecule has 0 spiro atoms. The molecule has 1 atom stereocenters. The van der Waals surface area contributed by atoms with Crippen molar-refractivity contribution in [2.75, 3.05) is 26.2 Å². The van der Waals surface area contributed by atoms with Crippen LogP contribution < -0.4 is 0 Å². The summed E-state index contributed by atoms with van der Waals surface area (Å²) in [7, 11) is 0. The molecule has 0 aromatic heterocycles. The van der Waals surface area contributed by atoms with Crippen LogP contribution in [-0.4, -0.2) is 43.0 Å². The van der Waals surface area contributed by atoms with Crippen molar-refractivity contribution in [3.05, 3.63) is 33.8 Å². The van der Waals surface area contributed by atoms with Crippen LogP contribution in [0.4, 0.5) is 0 Å². The van der Waals surface area contributed by atoms with E-state index in [1.54, 1.807) is 18.2 Å². The predicted octanol–water partition coefficient (Wildman–Crippen LogP) is 2.90. The van der Waals surface area contributed by atoms with E-state index in [2.05, 4.69) is 4.90 Å². The summed E-state index contributed by atoms with van der Waals surface area (Å²) in [5.41, 5.74) is 0.489. The Kier molecular flexibility index (Phi) is 4.62. The lowest BCUT2D eigenvalue weighted by atomic mass is 10.1. The van der Waals surface area contributed by atoms with Crippen LogP contribution in [-0.2, 0) is 4.74 Å². The quantitative estimate of drug-likeness (QED) is 0.801. The lowest BCUT2D eigenvalue weighted by Gasteiger charge is -2.30. The van der Waals surface area contributed by atoms with Gasteiger partial charge in [-0.1, -0.05) is 23.2 Å². The summed E-state index contributed by atoms with van der Waals surface area (Å²) >= 11 is 11.9. The molecule has 1 aliphatic heterocycles. The van der Waals surface area contributed by atoms with E-state index in [4.69, 9.17) is 27.9 Å². The van der Waals surface area contributed by atoms with Crippen molar-refractivity contribution in [3.8, 4) is 0 Å². The second kappa shape index (κ2) is 6.02. The van der Waals surface area contributed by atoms with Gasteiger partial charge in [-0.3, -0.25) is 9.69 Å². The Labute approximate surface area is 117 Å². The number of hydrogen-bond acceptors (Lipinski definition) is 3. The molecule has 0 N–H and O–H groups in total. The minimum atomic E-state index is -0.00315. The first kappa shape index (κ1) is 13.8. The maximum Gasteiger partial charge on any atom is 0.178 e. The molecular weight excluding hydrogens is 273 g/mol. The van der Waals surface area contributed by atoms with E-state index in [-0.39, 0.29) is 11.9 Å². The molecule has 0 aliphatic carbocycles. The van der Waals surface area contributed by atoms with Crippen LogP contribution in [0.5, 0.6) is 0 Å². The summed E-state index contributed by atoms with van der Waals surface area (Å²) in [6, 6.07) is 4.95. The van der Waals surface area contributed by atoms with Gasteiger partial charge < -0.3 is 4.74 Å². The first-order valence-electron chi connectivity index (χ1n) is 5.88. The third-order valence-electron chi connectivity index (χ3n) is 2.92. The molecule has 1 fully saturated rings. The third kappa shape index (κ3) is 3.45. The second-order valence-electron chi connectivity index (χ2n) is 4.46. The standard InChI is InChI=1S/C13H15Cl2NO2/c1-9-7-16(4-5-18-9)8-13(17)11-6-10(14)2-3-12(11)15/h2-3,6,9H,4-5,7-8H2,1H3. The van der Waals surface area contributed by atoms with Crippen molar-refractivity contribution in [1.29, 1.82) is 0 Å². The number of ketones is 1. The molecule has 2 rings (SSSR count). The normalized spacial score (nSPS) is 20.9. The van der Waals surface area contributed by atoms with Crippen molar-refractivity contribution >= 4 is 29.0 Å². The van der Waals surface area contributed by atoms with Crippen molar-refractivity contribution in [2.24, 2.45) is 0 Å². The number of morpholine rings is 1. The predicted molar refractivity (Wildman–Crippen MR) is 72.6 cm³/mol. The summed E-state index contributed by atoms with van der Waals surface area (Å²) in [5, 5.41) is 0.976. The van der Waals surface area contributed by atoms with Gasteiger partial charge in [-0.2, -0.15) is 0 Å². The summed E-state index contributed by atoms with van der Waals surface area (Å²) in [6.07, 6.45) is 0.168. The highest BCUT2D eigenvalue weighted by Gasteiger charge is 2.20. The number of Topliss-reactive ketones (excluding diaryl/α,β-unsaturated/α-hetero) is 1. The van der Waals surface area contributed by atoms with Crippen LogP contribution in [0.3, 0.4) is 0 Å². The SMILES string of the molecule is CC1CN(CC(=O)c2cc(Cl)ccc2Cl)CCO1. The van der Waals surface area contributed by atoms with E-state index in [0.717, 1.165) is 13.1 Å². The molecule has 0 bridgehead atoms. The maximum atomic E-state index is 12.2. The molecule has 1 aromatic rings. The summed E-state index contributed by atoms with van der Waals surface area (Å²) in [6.45, 7) is 4.56. The Hall–Kier alpha value is -0.610. The fraction of sp³-hybridized carbons (Fsp3) is 0.462. The first-order valence-corrected chi connectivity index (χ1v) is 6.64. The lowest BCUT2D eigenvalue weighted by Crippen LogP contribution is -2.43. The second-order valence-corrected chi connectivity index (χ2v) is 5.31. The molecule has 1 aromatic carbocycles. The summed E-state index contributed by atoms with van der Waals surface area (Å²) in [4.78, 5) is 14.2. The highest BCUT2D eigenvalue weighted by Crippen LogP contribution is 2.21. The molecule has 3 nitrogen and oxygen atoms in total. The molecule has 1 unspecified atom stereocenters. The maximum absolute atomic E-state index is 12.2. The zero-order valence-electron chi connectivity index (χ0n) is 10.2. The van der Waals surface area contributed by atoms with E-state index in [0.29, 0.717) is 28.8 Å².